The van der Waals surface area contributed by atoms with E-state index >= 15 is 0 Å². The van der Waals surface area contributed by atoms with Gasteiger partial charge in [0.2, 0.25) is 5.91 Å². The molecule has 0 atom stereocenters. The number of likely N-dealkylation sites (tertiary alicyclic amines) is 1. The highest BCUT2D eigenvalue weighted by Gasteiger charge is 2.31. The summed E-state index contributed by atoms with van der Waals surface area (Å²) in [5.74, 6) is 3.13. The molecule has 2 aliphatic rings. The molecule has 0 radical (unpaired) electrons. The van der Waals surface area contributed by atoms with Crippen LogP contribution in [0.1, 0.15) is 57.1 Å². The predicted molar refractivity (Wildman–Crippen MR) is 109 cm³/mol. The number of carbonyl (C=O) groups is 1. The number of aromatic nitrogens is 4. The zero-order valence-corrected chi connectivity index (χ0v) is 17.4. The first-order chi connectivity index (χ1) is 14.2. The number of carbonyl (C=O) groups excluding carboxylic acids is 1. The number of hydrogen-bond donors (Lipinski definition) is 0. The highest BCUT2D eigenvalue weighted by atomic mass is 16.5. The summed E-state index contributed by atoms with van der Waals surface area (Å²) < 4.78 is 5.43. The van der Waals surface area contributed by atoms with E-state index in [1.165, 1.54) is 12.8 Å². The molecule has 2 saturated heterocycles. The Labute approximate surface area is 171 Å². The van der Waals surface area contributed by atoms with Gasteiger partial charge in [0.25, 0.3) is 5.89 Å². The number of piperidine rings is 1. The Morgan fingerprint density at radius 3 is 2.48 bits per heavy atom. The molecule has 0 N–H and O–H groups in total. The number of amides is 1. The molecule has 2 aliphatic heterocycles. The van der Waals surface area contributed by atoms with Gasteiger partial charge in [-0.3, -0.25) is 4.79 Å². The number of nitrogens with zero attached hydrogens (tertiary/aromatic N) is 6. The number of aryl methyl sites for hydroxylation is 2. The van der Waals surface area contributed by atoms with Crippen molar-refractivity contribution in [1.29, 1.82) is 0 Å². The predicted octanol–water partition coefficient (Wildman–Crippen LogP) is 3.02. The van der Waals surface area contributed by atoms with Crippen LogP contribution in [-0.2, 0) is 11.2 Å². The number of rotatable bonds is 4. The van der Waals surface area contributed by atoms with E-state index < -0.39 is 0 Å². The zero-order valence-electron chi connectivity index (χ0n) is 17.4. The lowest BCUT2D eigenvalue weighted by atomic mass is 9.95. The number of hydrogen-bond acceptors (Lipinski definition) is 7. The summed E-state index contributed by atoms with van der Waals surface area (Å²) in [6.45, 7) is 7.31. The molecule has 2 fully saturated rings. The van der Waals surface area contributed by atoms with Crippen LogP contribution in [0.25, 0.3) is 11.5 Å². The molecule has 0 aromatic carbocycles. The van der Waals surface area contributed by atoms with Crippen LogP contribution in [0, 0.1) is 12.8 Å². The summed E-state index contributed by atoms with van der Waals surface area (Å²) in [6, 6.07) is 0. The normalized spacial score (nSPS) is 18.7. The maximum absolute atomic E-state index is 13.0. The van der Waals surface area contributed by atoms with E-state index in [0.29, 0.717) is 23.4 Å². The maximum atomic E-state index is 13.0. The van der Waals surface area contributed by atoms with E-state index in [1.807, 2.05) is 13.8 Å². The molecule has 4 heterocycles. The average molecular weight is 399 g/mol. The number of anilines is 1. The molecular formula is C21H30N6O2. The molecule has 156 valence electrons. The van der Waals surface area contributed by atoms with Gasteiger partial charge in [-0.05, 0) is 32.6 Å². The monoisotopic (exact) mass is 398 g/mol. The average Bonchev–Trinajstić information content (AvgIpc) is 3.07. The third-order valence-corrected chi connectivity index (χ3v) is 5.97. The van der Waals surface area contributed by atoms with E-state index in [2.05, 4.69) is 29.9 Å². The summed E-state index contributed by atoms with van der Waals surface area (Å²) >= 11 is 0. The fraction of sp³-hybridized carbons (Fsp3) is 0.667. The molecule has 2 aromatic rings. The Kier molecular flexibility index (Phi) is 6.06. The second kappa shape index (κ2) is 8.88. The fourth-order valence-electron chi connectivity index (χ4n) is 4.24. The van der Waals surface area contributed by atoms with E-state index in [-0.39, 0.29) is 5.92 Å². The van der Waals surface area contributed by atoms with Gasteiger partial charge in [0.1, 0.15) is 17.2 Å². The van der Waals surface area contributed by atoms with Gasteiger partial charge in [-0.2, -0.15) is 4.98 Å². The van der Waals surface area contributed by atoms with Gasteiger partial charge in [-0.15, -0.1) is 0 Å². The van der Waals surface area contributed by atoms with Crippen LogP contribution in [0.2, 0.25) is 0 Å². The van der Waals surface area contributed by atoms with Crippen molar-refractivity contribution in [2.75, 3.05) is 31.1 Å². The molecule has 2 aromatic heterocycles. The highest BCUT2D eigenvalue weighted by molar-refractivity contribution is 5.79. The Balaban J connectivity index is 1.47. The van der Waals surface area contributed by atoms with Crippen LogP contribution >= 0.6 is 0 Å². The molecule has 0 spiro atoms. The van der Waals surface area contributed by atoms with Crippen molar-refractivity contribution in [3.63, 3.8) is 0 Å². The molecule has 8 heteroatoms. The molecule has 0 bridgehead atoms. The zero-order chi connectivity index (χ0) is 20.2. The Bertz CT molecular complexity index is 835. The third-order valence-electron chi connectivity index (χ3n) is 5.97. The Morgan fingerprint density at radius 1 is 1.10 bits per heavy atom. The van der Waals surface area contributed by atoms with Gasteiger partial charge in [0, 0.05) is 44.7 Å². The minimum atomic E-state index is 0.117. The van der Waals surface area contributed by atoms with E-state index in [0.717, 1.165) is 69.7 Å². The van der Waals surface area contributed by atoms with Gasteiger partial charge < -0.3 is 14.3 Å². The largest absolute Gasteiger partial charge is 0.356 e. The summed E-state index contributed by atoms with van der Waals surface area (Å²) in [4.78, 5) is 30.8. The molecule has 0 aliphatic carbocycles. The third kappa shape index (κ3) is 4.41. The first kappa shape index (κ1) is 19.8. The molecule has 1 amide bonds. The van der Waals surface area contributed by atoms with E-state index in [1.54, 1.807) is 6.20 Å². The van der Waals surface area contributed by atoms with Crippen LogP contribution in [0.4, 0.5) is 5.82 Å². The van der Waals surface area contributed by atoms with Crippen LogP contribution in [-0.4, -0.2) is 57.1 Å². The Hall–Kier alpha value is -2.51. The lowest BCUT2D eigenvalue weighted by Gasteiger charge is -2.35. The standard InChI is InChI=1S/C21H30N6O2/c1-3-18-24-20(29-25-18)17-14-22-15(2)23-19(17)26-12-8-16(9-13-26)21(28)27-10-6-4-5-7-11-27/h14,16H,3-13H2,1-2H3. The van der Waals surface area contributed by atoms with Gasteiger partial charge >= 0.3 is 0 Å². The van der Waals surface area contributed by atoms with Crippen molar-refractivity contribution in [1.82, 2.24) is 25.0 Å². The lowest BCUT2D eigenvalue weighted by molar-refractivity contribution is -0.136. The van der Waals surface area contributed by atoms with Crippen LogP contribution in [0.3, 0.4) is 0 Å². The molecule has 29 heavy (non-hydrogen) atoms. The van der Waals surface area contributed by atoms with Crippen molar-refractivity contribution in [2.45, 2.75) is 58.8 Å². The molecule has 0 unspecified atom stereocenters. The van der Waals surface area contributed by atoms with Crippen LogP contribution < -0.4 is 4.90 Å². The molecule has 8 nitrogen and oxygen atoms in total. The molecular weight excluding hydrogens is 368 g/mol. The van der Waals surface area contributed by atoms with Gasteiger partial charge in [-0.25, -0.2) is 9.97 Å². The van der Waals surface area contributed by atoms with Crippen molar-refractivity contribution >= 4 is 11.7 Å². The first-order valence-electron chi connectivity index (χ1n) is 10.9. The van der Waals surface area contributed by atoms with Gasteiger partial charge in [-0.1, -0.05) is 24.9 Å². The van der Waals surface area contributed by atoms with Crippen molar-refractivity contribution in [3.05, 3.63) is 17.8 Å². The smallest absolute Gasteiger partial charge is 0.263 e. The molecule has 4 rings (SSSR count). The second-order valence-electron chi connectivity index (χ2n) is 8.02. The maximum Gasteiger partial charge on any atom is 0.263 e. The van der Waals surface area contributed by atoms with E-state index in [9.17, 15) is 4.79 Å². The van der Waals surface area contributed by atoms with Crippen LogP contribution in [0.15, 0.2) is 10.7 Å². The van der Waals surface area contributed by atoms with E-state index in [4.69, 9.17) is 4.52 Å². The van der Waals surface area contributed by atoms with Gasteiger partial charge in [0.05, 0.1) is 0 Å². The van der Waals surface area contributed by atoms with Crippen molar-refractivity contribution < 1.29 is 9.32 Å². The second-order valence-corrected chi connectivity index (χ2v) is 8.02. The lowest BCUT2D eigenvalue weighted by Crippen LogP contribution is -2.43. The molecule has 0 saturated carbocycles. The summed E-state index contributed by atoms with van der Waals surface area (Å²) in [5, 5.41) is 4.00. The fourth-order valence-corrected chi connectivity index (χ4v) is 4.24. The highest BCUT2D eigenvalue weighted by Crippen LogP contribution is 2.31. The quantitative estimate of drug-likeness (QED) is 0.782. The van der Waals surface area contributed by atoms with Crippen molar-refractivity contribution in [3.8, 4) is 11.5 Å². The summed E-state index contributed by atoms with van der Waals surface area (Å²) in [6.07, 6.45) is 8.94. The van der Waals surface area contributed by atoms with Gasteiger partial charge in [0.15, 0.2) is 5.82 Å². The minimum Gasteiger partial charge on any atom is -0.356 e. The minimum absolute atomic E-state index is 0.117. The Morgan fingerprint density at radius 2 is 1.83 bits per heavy atom. The SMILES string of the molecule is CCc1noc(-c2cnc(C)nc2N2CCC(C(=O)N3CCCCCC3)CC2)n1. The summed E-state index contributed by atoms with van der Waals surface area (Å²) in [5.41, 5.74) is 0.764. The summed E-state index contributed by atoms with van der Waals surface area (Å²) in [7, 11) is 0. The first-order valence-corrected chi connectivity index (χ1v) is 10.9. The van der Waals surface area contributed by atoms with Crippen LogP contribution in [0.5, 0.6) is 0 Å². The van der Waals surface area contributed by atoms with Crippen molar-refractivity contribution in [2.24, 2.45) is 5.92 Å². The topological polar surface area (TPSA) is 88.2 Å².